The van der Waals surface area contributed by atoms with E-state index in [-0.39, 0.29) is 18.6 Å². The Labute approximate surface area is 207 Å². The highest BCUT2D eigenvalue weighted by molar-refractivity contribution is 7.18. The molecule has 0 spiro atoms. The standard InChI is InChI=1S/C24H27N5O5S/c1-4-14(3)20(26-23(31)25-16-8-6-7-9-17(16)32-5-2)21(30)27-24-29-28-22(35-24)15-10-11-18-19(12-15)34-13-33-18/h6-12,14,20H,4-5,13H2,1-3H3,(H2,25,26,31)(H,27,29,30). The number of ether oxygens (including phenoxy) is 3. The molecule has 0 radical (unpaired) electrons. The van der Waals surface area contributed by atoms with E-state index in [2.05, 4.69) is 26.1 Å². The Morgan fingerprint density at radius 2 is 1.89 bits per heavy atom. The topological polar surface area (TPSA) is 124 Å². The van der Waals surface area contributed by atoms with Gasteiger partial charge in [0.2, 0.25) is 17.8 Å². The first kappa shape index (κ1) is 24.3. The Morgan fingerprint density at radius 1 is 1.09 bits per heavy atom. The van der Waals surface area contributed by atoms with Gasteiger partial charge in [-0.25, -0.2) is 4.79 Å². The number of urea groups is 1. The highest BCUT2D eigenvalue weighted by Gasteiger charge is 2.27. The van der Waals surface area contributed by atoms with Crippen LogP contribution in [0.15, 0.2) is 42.5 Å². The molecule has 184 valence electrons. The van der Waals surface area contributed by atoms with Gasteiger partial charge in [0, 0.05) is 5.56 Å². The first-order valence-electron chi connectivity index (χ1n) is 11.3. The van der Waals surface area contributed by atoms with Crippen molar-refractivity contribution in [3.8, 4) is 27.8 Å². The quantitative estimate of drug-likeness (QED) is 0.397. The summed E-state index contributed by atoms with van der Waals surface area (Å²) in [6, 6.07) is 11.3. The second kappa shape index (κ2) is 11.0. The third-order valence-corrected chi connectivity index (χ3v) is 6.38. The normalized spacial score (nSPS) is 13.6. The molecule has 3 N–H and O–H groups in total. The number of aromatic nitrogens is 2. The lowest BCUT2D eigenvalue weighted by molar-refractivity contribution is -0.119. The number of benzene rings is 2. The van der Waals surface area contributed by atoms with Crippen LogP contribution in [-0.4, -0.2) is 41.6 Å². The van der Waals surface area contributed by atoms with Crippen molar-refractivity contribution in [2.75, 3.05) is 24.0 Å². The fourth-order valence-electron chi connectivity index (χ4n) is 3.46. The van der Waals surface area contributed by atoms with Gasteiger partial charge in [-0.3, -0.25) is 10.1 Å². The zero-order chi connectivity index (χ0) is 24.8. The third-order valence-electron chi connectivity index (χ3n) is 5.49. The number of para-hydroxylation sites is 2. The lowest BCUT2D eigenvalue weighted by Crippen LogP contribution is -2.49. The maximum atomic E-state index is 13.1. The number of anilines is 2. The molecule has 1 aromatic heterocycles. The van der Waals surface area contributed by atoms with Crippen molar-refractivity contribution in [2.24, 2.45) is 5.92 Å². The van der Waals surface area contributed by atoms with Crippen molar-refractivity contribution >= 4 is 34.1 Å². The summed E-state index contributed by atoms with van der Waals surface area (Å²) >= 11 is 1.23. The molecule has 1 aliphatic rings. The molecule has 4 rings (SSSR count). The van der Waals surface area contributed by atoms with Crippen LogP contribution in [0.1, 0.15) is 27.2 Å². The summed E-state index contributed by atoms with van der Waals surface area (Å²) in [6.45, 7) is 6.37. The van der Waals surface area contributed by atoms with Crippen LogP contribution in [0, 0.1) is 5.92 Å². The van der Waals surface area contributed by atoms with Crippen LogP contribution in [0.25, 0.3) is 10.6 Å². The fourth-order valence-corrected chi connectivity index (χ4v) is 4.20. The van der Waals surface area contributed by atoms with Gasteiger partial charge >= 0.3 is 6.03 Å². The van der Waals surface area contributed by atoms with Gasteiger partial charge in [-0.05, 0) is 43.2 Å². The van der Waals surface area contributed by atoms with E-state index in [0.717, 1.165) is 5.56 Å². The van der Waals surface area contributed by atoms with Gasteiger partial charge in [0.05, 0.1) is 12.3 Å². The highest BCUT2D eigenvalue weighted by atomic mass is 32.1. The lowest BCUT2D eigenvalue weighted by atomic mass is 9.98. The minimum Gasteiger partial charge on any atom is -0.492 e. The molecule has 0 saturated heterocycles. The maximum Gasteiger partial charge on any atom is 0.320 e. The Bertz CT molecular complexity index is 1200. The molecule has 0 bridgehead atoms. The highest BCUT2D eigenvalue weighted by Crippen LogP contribution is 2.37. The van der Waals surface area contributed by atoms with Crippen LogP contribution in [-0.2, 0) is 4.79 Å². The number of carbonyl (C=O) groups is 2. The number of nitrogens with one attached hydrogen (secondary N) is 3. The van der Waals surface area contributed by atoms with E-state index in [1.807, 2.05) is 45.0 Å². The van der Waals surface area contributed by atoms with Crippen LogP contribution in [0.4, 0.5) is 15.6 Å². The summed E-state index contributed by atoms with van der Waals surface area (Å²) in [5, 5.41) is 17.6. The average Bonchev–Trinajstić information content (AvgIpc) is 3.52. The van der Waals surface area contributed by atoms with E-state index >= 15 is 0 Å². The summed E-state index contributed by atoms with van der Waals surface area (Å²) in [5.41, 5.74) is 1.32. The zero-order valence-corrected chi connectivity index (χ0v) is 20.5. The van der Waals surface area contributed by atoms with Crippen LogP contribution in [0.3, 0.4) is 0 Å². The molecule has 0 fully saturated rings. The molecule has 35 heavy (non-hydrogen) atoms. The van der Waals surface area contributed by atoms with Crippen molar-refractivity contribution in [3.63, 3.8) is 0 Å². The van der Waals surface area contributed by atoms with Crippen molar-refractivity contribution in [2.45, 2.75) is 33.2 Å². The molecule has 3 amide bonds. The number of nitrogens with zero attached hydrogens (tertiary/aromatic N) is 2. The Morgan fingerprint density at radius 3 is 2.69 bits per heavy atom. The minimum absolute atomic E-state index is 0.121. The van der Waals surface area contributed by atoms with Crippen molar-refractivity contribution < 1.29 is 23.8 Å². The largest absolute Gasteiger partial charge is 0.492 e. The first-order chi connectivity index (χ1) is 17.0. The van der Waals surface area contributed by atoms with Gasteiger partial charge in [0.25, 0.3) is 0 Å². The predicted molar refractivity (Wildman–Crippen MR) is 133 cm³/mol. The van der Waals surface area contributed by atoms with Gasteiger partial charge < -0.3 is 24.8 Å². The van der Waals surface area contributed by atoms with Crippen LogP contribution < -0.4 is 30.2 Å². The SMILES string of the molecule is CCOc1ccccc1NC(=O)NC(C(=O)Nc1nnc(-c2ccc3c(c2)OCO3)s1)C(C)CC. The monoisotopic (exact) mass is 497 g/mol. The lowest BCUT2D eigenvalue weighted by Gasteiger charge is -2.23. The van der Waals surface area contributed by atoms with Gasteiger partial charge in [0.15, 0.2) is 11.5 Å². The second-order valence-corrected chi connectivity index (χ2v) is 8.84. The van der Waals surface area contributed by atoms with Gasteiger partial charge in [0.1, 0.15) is 16.8 Å². The summed E-state index contributed by atoms with van der Waals surface area (Å²) in [4.78, 5) is 25.8. The average molecular weight is 498 g/mol. The molecule has 1 aliphatic heterocycles. The number of hydrogen-bond donors (Lipinski definition) is 3. The van der Waals surface area contributed by atoms with E-state index in [0.29, 0.717) is 46.1 Å². The van der Waals surface area contributed by atoms with Crippen molar-refractivity contribution in [1.82, 2.24) is 15.5 Å². The molecule has 3 aromatic rings. The molecule has 0 aliphatic carbocycles. The van der Waals surface area contributed by atoms with E-state index < -0.39 is 12.1 Å². The number of amides is 3. The third kappa shape index (κ3) is 5.80. The first-order valence-corrected chi connectivity index (χ1v) is 12.1. The molecule has 10 nitrogen and oxygen atoms in total. The Kier molecular flexibility index (Phi) is 7.66. The molecule has 0 saturated carbocycles. The van der Waals surface area contributed by atoms with E-state index in [4.69, 9.17) is 14.2 Å². The minimum atomic E-state index is -0.780. The number of carbonyl (C=O) groups excluding carboxylic acids is 2. The molecule has 11 heteroatoms. The Balaban J connectivity index is 1.43. The summed E-state index contributed by atoms with van der Waals surface area (Å²) in [6.07, 6.45) is 0.687. The second-order valence-electron chi connectivity index (χ2n) is 7.86. The fraction of sp³-hybridized carbons (Fsp3) is 0.333. The smallest absolute Gasteiger partial charge is 0.320 e. The molecular formula is C24H27N5O5S. The van der Waals surface area contributed by atoms with Gasteiger partial charge in [-0.15, -0.1) is 10.2 Å². The number of hydrogen-bond acceptors (Lipinski definition) is 8. The predicted octanol–water partition coefficient (Wildman–Crippen LogP) is 4.51. The van der Waals surface area contributed by atoms with Crippen molar-refractivity contribution in [3.05, 3.63) is 42.5 Å². The molecular weight excluding hydrogens is 470 g/mol. The molecule has 2 aromatic carbocycles. The summed E-state index contributed by atoms with van der Waals surface area (Å²) in [5.74, 6) is 1.38. The van der Waals surface area contributed by atoms with Gasteiger partial charge in [-0.1, -0.05) is 43.7 Å². The van der Waals surface area contributed by atoms with E-state index in [9.17, 15) is 9.59 Å². The van der Waals surface area contributed by atoms with Crippen LogP contribution in [0.5, 0.6) is 17.2 Å². The van der Waals surface area contributed by atoms with E-state index in [1.165, 1.54) is 11.3 Å². The van der Waals surface area contributed by atoms with Gasteiger partial charge in [-0.2, -0.15) is 0 Å². The van der Waals surface area contributed by atoms with E-state index in [1.54, 1.807) is 18.2 Å². The molecule has 2 atom stereocenters. The Hall–Kier alpha value is -3.86. The molecule has 2 heterocycles. The van der Waals surface area contributed by atoms with Crippen LogP contribution in [0.2, 0.25) is 0 Å². The summed E-state index contributed by atoms with van der Waals surface area (Å²) < 4.78 is 16.3. The number of fused-ring (bicyclic) bond motifs is 1. The molecule has 2 unspecified atom stereocenters. The maximum absolute atomic E-state index is 13.1. The zero-order valence-electron chi connectivity index (χ0n) is 19.7. The van der Waals surface area contributed by atoms with Crippen LogP contribution >= 0.6 is 11.3 Å². The number of rotatable bonds is 9. The summed E-state index contributed by atoms with van der Waals surface area (Å²) in [7, 11) is 0. The van der Waals surface area contributed by atoms with Crippen molar-refractivity contribution in [1.29, 1.82) is 0 Å².